The maximum absolute atomic E-state index is 12.6. The van der Waals surface area contributed by atoms with Crippen LogP contribution in [0.3, 0.4) is 0 Å². The van der Waals surface area contributed by atoms with Crippen molar-refractivity contribution in [2.75, 3.05) is 0 Å². The van der Waals surface area contributed by atoms with Crippen molar-refractivity contribution in [1.29, 1.82) is 0 Å². The molecule has 0 spiro atoms. The first kappa shape index (κ1) is 19.0. The lowest BCUT2D eigenvalue weighted by Gasteiger charge is -2.20. The highest BCUT2D eigenvalue weighted by Crippen LogP contribution is 2.33. The highest BCUT2D eigenvalue weighted by Gasteiger charge is 2.20. The molecule has 1 N–H and O–H groups in total. The standard InChI is InChI=1S/C19H22N4O3S/c1-11-8-14(26-22-11)13-9-17(25)23(10-16(24)20-19(3,4)5)21-18(13)15-7-6-12(2)27-15/h6-9H,10H2,1-5H3,(H,20,24). The van der Waals surface area contributed by atoms with Gasteiger partial charge in [-0.1, -0.05) is 5.16 Å². The Hall–Kier alpha value is -2.74. The highest BCUT2D eigenvalue weighted by molar-refractivity contribution is 7.15. The second-order valence-electron chi connectivity index (χ2n) is 7.44. The number of rotatable bonds is 4. The minimum Gasteiger partial charge on any atom is -0.356 e. The number of hydrogen-bond acceptors (Lipinski definition) is 6. The van der Waals surface area contributed by atoms with Gasteiger partial charge in [0.05, 0.1) is 16.1 Å². The van der Waals surface area contributed by atoms with E-state index < -0.39 is 0 Å². The van der Waals surface area contributed by atoms with Crippen molar-refractivity contribution in [1.82, 2.24) is 20.3 Å². The maximum atomic E-state index is 12.6. The Kier molecular flexibility index (Phi) is 5.01. The van der Waals surface area contributed by atoms with Crippen molar-refractivity contribution in [2.45, 2.75) is 46.7 Å². The van der Waals surface area contributed by atoms with Crippen LogP contribution in [0, 0.1) is 13.8 Å². The van der Waals surface area contributed by atoms with Gasteiger partial charge < -0.3 is 9.84 Å². The molecule has 3 rings (SSSR count). The number of carbonyl (C=O) groups excluding carboxylic acids is 1. The number of nitrogens with one attached hydrogen (secondary N) is 1. The zero-order valence-corrected chi connectivity index (χ0v) is 16.8. The molecule has 3 heterocycles. The van der Waals surface area contributed by atoms with Crippen LogP contribution >= 0.6 is 11.3 Å². The monoisotopic (exact) mass is 386 g/mol. The quantitative estimate of drug-likeness (QED) is 0.744. The predicted molar refractivity (Wildman–Crippen MR) is 105 cm³/mol. The smallest absolute Gasteiger partial charge is 0.268 e. The average Bonchev–Trinajstić information content (AvgIpc) is 3.15. The first-order chi connectivity index (χ1) is 12.6. The Morgan fingerprint density at radius 1 is 1.26 bits per heavy atom. The van der Waals surface area contributed by atoms with Gasteiger partial charge in [0.2, 0.25) is 5.91 Å². The van der Waals surface area contributed by atoms with Crippen LogP contribution in [0.1, 0.15) is 31.3 Å². The fourth-order valence-corrected chi connectivity index (χ4v) is 3.49. The summed E-state index contributed by atoms with van der Waals surface area (Å²) in [6, 6.07) is 7.14. The molecule has 0 atom stereocenters. The number of thiophene rings is 1. The molecular formula is C19H22N4O3S. The largest absolute Gasteiger partial charge is 0.356 e. The highest BCUT2D eigenvalue weighted by atomic mass is 32.1. The minimum absolute atomic E-state index is 0.150. The first-order valence-electron chi connectivity index (χ1n) is 8.56. The predicted octanol–water partition coefficient (Wildman–Crippen LogP) is 3.16. The molecule has 7 nitrogen and oxygen atoms in total. The van der Waals surface area contributed by atoms with Gasteiger partial charge in [0.15, 0.2) is 5.76 Å². The molecule has 8 heteroatoms. The van der Waals surface area contributed by atoms with E-state index >= 15 is 0 Å². The van der Waals surface area contributed by atoms with Gasteiger partial charge in [-0.05, 0) is 46.8 Å². The van der Waals surface area contributed by atoms with Crippen molar-refractivity contribution in [3.63, 3.8) is 0 Å². The third-order valence-corrected chi connectivity index (χ3v) is 4.68. The molecule has 0 aliphatic rings. The zero-order chi connectivity index (χ0) is 19.8. The van der Waals surface area contributed by atoms with Crippen LogP contribution in [-0.4, -0.2) is 26.4 Å². The van der Waals surface area contributed by atoms with E-state index in [2.05, 4.69) is 15.6 Å². The molecule has 0 aromatic carbocycles. The molecule has 0 aliphatic carbocycles. The molecule has 0 aliphatic heterocycles. The summed E-state index contributed by atoms with van der Waals surface area (Å²) in [5, 5.41) is 11.2. The summed E-state index contributed by atoms with van der Waals surface area (Å²) in [5.41, 5.74) is 1.11. The summed E-state index contributed by atoms with van der Waals surface area (Å²) < 4.78 is 6.53. The average molecular weight is 386 g/mol. The maximum Gasteiger partial charge on any atom is 0.268 e. The number of carbonyl (C=O) groups is 1. The molecule has 0 unspecified atom stereocenters. The Morgan fingerprint density at radius 3 is 2.56 bits per heavy atom. The summed E-state index contributed by atoms with van der Waals surface area (Å²) in [6.45, 7) is 9.32. The molecule has 0 saturated heterocycles. The first-order valence-corrected chi connectivity index (χ1v) is 9.38. The fourth-order valence-electron chi connectivity index (χ4n) is 2.62. The SMILES string of the molecule is Cc1cc(-c2cc(=O)n(CC(=O)NC(C)(C)C)nc2-c2ccc(C)s2)on1. The summed E-state index contributed by atoms with van der Waals surface area (Å²) >= 11 is 1.56. The lowest BCUT2D eigenvalue weighted by Crippen LogP contribution is -2.43. The van der Waals surface area contributed by atoms with Gasteiger partial charge in [0.1, 0.15) is 12.2 Å². The number of hydrogen-bond donors (Lipinski definition) is 1. The van der Waals surface area contributed by atoms with E-state index in [0.29, 0.717) is 22.7 Å². The number of nitrogens with zero attached hydrogens (tertiary/aromatic N) is 3. The van der Waals surface area contributed by atoms with Crippen LogP contribution in [0.25, 0.3) is 21.9 Å². The van der Waals surface area contributed by atoms with Crippen LogP contribution in [0.4, 0.5) is 0 Å². The van der Waals surface area contributed by atoms with Crippen molar-refractivity contribution < 1.29 is 9.32 Å². The zero-order valence-electron chi connectivity index (χ0n) is 16.0. The van der Waals surface area contributed by atoms with Crippen molar-refractivity contribution in [2.24, 2.45) is 0 Å². The lowest BCUT2D eigenvalue weighted by molar-refractivity contribution is -0.123. The van der Waals surface area contributed by atoms with E-state index in [1.807, 2.05) is 46.8 Å². The van der Waals surface area contributed by atoms with Gasteiger partial charge >= 0.3 is 0 Å². The Balaban J connectivity index is 2.07. The van der Waals surface area contributed by atoms with Gasteiger partial charge in [-0.3, -0.25) is 9.59 Å². The second kappa shape index (κ2) is 7.11. The van der Waals surface area contributed by atoms with E-state index in [9.17, 15) is 9.59 Å². The fraction of sp³-hybridized carbons (Fsp3) is 0.368. The summed E-state index contributed by atoms with van der Waals surface area (Å²) in [5.74, 6) is 0.207. The van der Waals surface area contributed by atoms with E-state index in [0.717, 1.165) is 9.75 Å². The molecule has 0 bridgehead atoms. The molecule has 3 aromatic heterocycles. The molecule has 27 heavy (non-hydrogen) atoms. The minimum atomic E-state index is -0.383. The van der Waals surface area contributed by atoms with Gasteiger partial charge in [-0.2, -0.15) is 5.10 Å². The van der Waals surface area contributed by atoms with Crippen molar-refractivity contribution in [3.8, 4) is 21.9 Å². The Morgan fingerprint density at radius 2 is 2.00 bits per heavy atom. The van der Waals surface area contributed by atoms with Gasteiger partial charge in [-0.15, -0.1) is 11.3 Å². The number of aromatic nitrogens is 3. The molecule has 0 fully saturated rings. The third kappa shape index (κ3) is 4.51. The van der Waals surface area contributed by atoms with Gasteiger partial charge in [0, 0.05) is 22.5 Å². The molecule has 0 radical (unpaired) electrons. The normalized spacial score (nSPS) is 11.6. The number of aryl methyl sites for hydroxylation is 2. The summed E-state index contributed by atoms with van der Waals surface area (Å²) in [4.78, 5) is 26.8. The van der Waals surface area contributed by atoms with E-state index in [1.54, 1.807) is 17.4 Å². The summed E-state index contributed by atoms with van der Waals surface area (Å²) in [7, 11) is 0. The van der Waals surface area contributed by atoms with Crippen LogP contribution in [0.15, 0.2) is 33.6 Å². The number of amides is 1. The Labute approximate surface area is 161 Å². The molecule has 0 saturated carbocycles. The van der Waals surface area contributed by atoms with E-state index in [-0.39, 0.29) is 23.6 Å². The topological polar surface area (TPSA) is 90.0 Å². The van der Waals surface area contributed by atoms with Gasteiger partial charge in [0.25, 0.3) is 5.56 Å². The van der Waals surface area contributed by atoms with Crippen LogP contribution in [0.2, 0.25) is 0 Å². The molecule has 3 aromatic rings. The molecule has 142 valence electrons. The second-order valence-corrected chi connectivity index (χ2v) is 8.73. The van der Waals surface area contributed by atoms with Crippen LogP contribution < -0.4 is 10.9 Å². The van der Waals surface area contributed by atoms with E-state index in [4.69, 9.17) is 4.52 Å². The lowest BCUT2D eigenvalue weighted by atomic mass is 10.1. The Bertz CT molecular complexity index is 1040. The van der Waals surface area contributed by atoms with Gasteiger partial charge in [-0.25, -0.2) is 4.68 Å². The van der Waals surface area contributed by atoms with Crippen LogP contribution in [-0.2, 0) is 11.3 Å². The molecule has 1 amide bonds. The van der Waals surface area contributed by atoms with Crippen LogP contribution in [0.5, 0.6) is 0 Å². The van der Waals surface area contributed by atoms with Crippen molar-refractivity contribution >= 4 is 17.2 Å². The van der Waals surface area contributed by atoms with E-state index in [1.165, 1.54) is 10.7 Å². The summed E-state index contributed by atoms with van der Waals surface area (Å²) in [6.07, 6.45) is 0. The van der Waals surface area contributed by atoms with Crippen molar-refractivity contribution in [3.05, 3.63) is 45.2 Å². The third-order valence-electron chi connectivity index (χ3n) is 3.67. The molecular weight excluding hydrogens is 364 g/mol.